The fourth-order valence-electron chi connectivity index (χ4n) is 2.71. The maximum absolute atomic E-state index is 13.1. The molecule has 0 atom stereocenters. The molecule has 9 heteroatoms. The maximum Gasteiger partial charge on any atom is 0.269 e. The number of Topliss-reactive ketones (excluding diaryl/α,β-unsaturated/α-hetero) is 1. The van der Waals surface area contributed by atoms with Gasteiger partial charge in [-0.05, 0) is 24.3 Å². The number of aromatic nitrogens is 3. The summed E-state index contributed by atoms with van der Waals surface area (Å²) in [4.78, 5) is 23.4. The highest BCUT2D eigenvalue weighted by molar-refractivity contribution is 6.46. The van der Waals surface area contributed by atoms with Crippen LogP contribution < -0.4 is 5.43 Å². The number of hydrogen-bond acceptors (Lipinski definition) is 7. The van der Waals surface area contributed by atoms with Crippen LogP contribution in [-0.4, -0.2) is 31.5 Å². The van der Waals surface area contributed by atoms with E-state index in [1.54, 1.807) is 36.4 Å². The van der Waals surface area contributed by atoms with Gasteiger partial charge >= 0.3 is 0 Å². The van der Waals surface area contributed by atoms with Gasteiger partial charge in [0.2, 0.25) is 11.6 Å². The first-order chi connectivity index (χ1) is 14.1. The van der Waals surface area contributed by atoms with E-state index in [4.69, 9.17) is 0 Å². The number of nitro benzene ring substituents is 1. The molecule has 0 aliphatic heterocycles. The number of carbonyl (C=O) groups is 1. The second-order valence-electron chi connectivity index (χ2n) is 6.04. The van der Waals surface area contributed by atoms with E-state index in [0.29, 0.717) is 22.3 Å². The summed E-state index contributed by atoms with van der Waals surface area (Å²) in [6.07, 6.45) is 0. The Morgan fingerprint density at radius 3 is 2.38 bits per heavy atom. The third-order valence-electron chi connectivity index (χ3n) is 4.16. The molecule has 142 valence electrons. The van der Waals surface area contributed by atoms with E-state index in [-0.39, 0.29) is 17.3 Å². The Kier molecular flexibility index (Phi) is 4.77. The summed E-state index contributed by atoms with van der Waals surface area (Å²) < 4.78 is 1.36. The van der Waals surface area contributed by atoms with Gasteiger partial charge in [-0.25, -0.2) is 0 Å². The Hall–Kier alpha value is -4.40. The van der Waals surface area contributed by atoms with Gasteiger partial charge in [0, 0.05) is 17.7 Å². The van der Waals surface area contributed by atoms with E-state index in [0.717, 1.165) is 0 Å². The number of anilines is 1. The highest BCUT2D eigenvalue weighted by Gasteiger charge is 2.20. The largest absolute Gasteiger partial charge is 0.285 e. The fourth-order valence-corrected chi connectivity index (χ4v) is 2.71. The summed E-state index contributed by atoms with van der Waals surface area (Å²) in [6, 6.07) is 21.6. The van der Waals surface area contributed by atoms with Crippen molar-refractivity contribution in [3.05, 3.63) is 94.5 Å². The van der Waals surface area contributed by atoms with Crippen LogP contribution in [0.15, 0.2) is 84.0 Å². The van der Waals surface area contributed by atoms with Gasteiger partial charge in [-0.15, -0.1) is 5.10 Å². The molecule has 0 radical (unpaired) electrons. The minimum atomic E-state index is -0.487. The van der Waals surface area contributed by atoms with Crippen LogP contribution in [0.1, 0.15) is 10.4 Å². The fraction of sp³-hybridized carbons (Fsp3) is 0. The molecule has 9 nitrogen and oxygen atoms in total. The smallest absolute Gasteiger partial charge is 0.269 e. The van der Waals surface area contributed by atoms with E-state index < -0.39 is 4.92 Å². The SMILES string of the molecule is O=C(/C(=N/Nc1ccc([N+](=O)[O-])cc1)n1nnc2ccccc21)c1ccccc1. The molecular formula is C20H14N6O3. The van der Waals surface area contributed by atoms with Gasteiger partial charge in [0.05, 0.1) is 16.1 Å². The Balaban J connectivity index is 1.74. The Labute approximate surface area is 164 Å². The summed E-state index contributed by atoms with van der Waals surface area (Å²) >= 11 is 0. The predicted molar refractivity (Wildman–Crippen MR) is 108 cm³/mol. The molecule has 0 bridgehead atoms. The number of fused-ring (bicyclic) bond motifs is 1. The molecule has 4 aromatic rings. The number of para-hydroxylation sites is 1. The summed E-state index contributed by atoms with van der Waals surface area (Å²) in [5, 5.41) is 23.2. The second kappa shape index (κ2) is 7.69. The van der Waals surface area contributed by atoms with Crippen molar-refractivity contribution in [3.63, 3.8) is 0 Å². The summed E-state index contributed by atoms with van der Waals surface area (Å²) in [5.74, 6) is -0.334. The van der Waals surface area contributed by atoms with Gasteiger partial charge < -0.3 is 0 Å². The van der Waals surface area contributed by atoms with Crippen molar-refractivity contribution in [2.45, 2.75) is 0 Å². The lowest BCUT2D eigenvalue weighted by atomic mass is 10.1. The Morgan fingerprint density at radius 2 is 1.66 bits per heavy atom. The molecule has 0 aliphatic carbocycles. The highest BCUT2D eigenvalue weighted by atomic mass is 16.6. The van der Waals surface area contributed by atoms with Gasteiger partial charge in [-0.2, -0.15) is 9.78 Å². The van der Waals surface area contributed by atoms with Gasteiger partial charge in [-0.3, -0.25) is 20.3 Å². The van der Waals surface area contributed by atoms with E-state index >= 15 is 0 Å². The summed E-state index contributed by atoms with van der Waals surface area (Å²) in [5.41, 5.74) is 4.90. The van der Waals surface area contributed by atoms with Crippen molar-refractivity contribution < 1.29 is 9.72 Å². The van der Waals surface area contributed by atoms with Crippen LogP contribution in [0.5, 0.6) is 0 Å². The molecule has 4 rings (SSSR count). The van der Waals surface area contributed by atoms with Crippen LogP contribution in [0.4, 0.5) is 11.4 Å². The molecule has 0 aliphatic rings. The third-order valence-corrected chi connectivity index (χ3v) is 4.16. The lowest BCUT2D eigenvalue weighted by molar-refractivity contribution is -0.384. The topological polar surface area (TPSA) is 115 Å². The minimum Gasteiger partial charge on any atom is -0.285 e. The van der Waals surface area contributed by atoms with Crippen molar-refractivity contribution in [2.24, 2.45) is 5.10 Å². The number of nitrogens with one attached hydrogen (secondary N) is 1. The number of rotatable bonds is 5. The Morgan fingerprint density at radius 1 is 0.966 bits per heavy atom. The molecule has 0 amide bonds. The number of carbonyl (C=O) groups excluding carboxylic acids is 1. The number of hydrazone groups is 1. The van der Waals surface area contributed by atoms with Gasteiger partial charge in [0.25, 0.3) is 5.69 Å². The lowest BCUT2D eigenvalue weighted by Gasteiger charge is -2.08. The monoisotopic (exact) mass is 386 g/mol. The molecule has 29 heavy (non-hydrogen) atoms. The first-order valence-electron chi connectivity index (χ1n) is 8.62. The van der Waals surface area contributed by atoms with E-state index in [9.17, 15) is 14.9 Å². The molecule has 0 saturated heterocycles. The van der Waals surface area contributed by atoms with Crippen LogP contribution in [0.25, 0.3) is 11.0 Å². The van der Waals surface area contributed by atoms with E-state index in [1.807, 2.05) is 18.2 Å². The maximum atomic E-state index is 13.1. The van der Waals surface area contributed by atoms with Gasteiger partial charge in [-0.1, -0.05) is 47.7 Å². The van der Waals surface area contributed by atoms with Crippen molar-refractivity contribution in [1.82, 2.24) is 15.0 Å². The number of non-ortho nitro benzene ring substituents is 1. The molecule has 0 saturated carbocycles. The quantitative estimate of drug-likeness (QED) is 0.185. The zero-order valence-corrected chi connectivity index (χ0v) is 15.0. The first-order valence-corrected chi connectivity index (χ1v) is 8.62. The second-order valence-corrected chi connectivity index (χ2v) is 6.04. The zero-order valence-electron chi connectivity index (χ0n) is 15.0. The van der Waals surface area contributed by atoms with E-state index in [1.165, 1.54) is 28.9 Å². The van der Waals surface area contributed by atoms with Gasteiger partial charge in [0.1, 0.15) is 5.52 Å². The first kappa shape index (κ1) is 18.0. The number of nitro groups is 1. The average Bonchev–Trinajstić information content (AvgIpc) is 3.19. The number of benzene rings is 3. The predicted octanol–water partition coefficient (Wildman–Crippen LogP) is 3.50. The van der Waals surface area contributed by atoms with Crippen molar-refractivity contribution in [3.8, 4) is 0 Å². The van der Waals surface area contributed by atoms with Crippen LogP contribution >= 0.6 is 0 Å². The normalized spacial score (nSPS) is 11.4. The highest BCUT2D eigenvalue weighted by Crippen LogP contribution is 2.16. The Bertz CT molecular complexity index is 1220. The number of nitrogens with zero attached hydrogens (tertiary/aromatic N) is 5. The van der Waals surface area contributed by atoms with Crippen molar-refractivity contribution in [1.29, 1.82) is 0 Å². The molecule has 1 heterocycles. The molecule has 0 fully saturated rings. The van der Waals surface area contributed by atoms with Crippen molar-refractivity contribution >= 4 is 34.0 Å². The molecule has 3 aromatic carbocycles. The van der Waals surface area contributed by atoms with E-state index in [2.05, 4.69) is 20.8 Å². The minimum absolute atomic E-state index is 0.0169. The molecule has 1 N–H and O–H groups in total. The molecule has 0 unspecified atom stereocenters. The lowest BCUT2D eigenvalue weighted by Crippen LogP contribution is -2.25. The standard InChI is InChI=1S/C20H14N6O3/c27-19(14-6-2-1-3-7-14)20(25-18-9-5-4-8-17(18)22-24-25)23-21-15-10-12-16(13-11-15)26(28)29/h1-13,21H/b23-20-. The zero-order chi connectivity index (χ0) is 20.2. The summed E-state index contributed by atoms with van der Waals surface area (Å²) in [6.45, 7) is 0. The summed E-state index contributed by atoms with van der Waals surface area (Å²) in [7, 11) is 0. The van der Waals surface area contributed by atoms with Crippen LogP contribution in [0, 0.1) is 10.1 Å². The third kappa shape index (κ3) is 3.69. The van der Waals surface area contributed by atoms with Crippen LogP contribution in [-0.2, 0) is 0 Å². The molecule has 1 aromatic heterocycles. The molecule has 0 spiro atoms. The van der Waals surface area contributed by atoms with Gasteiger partial charge in [0.15, 0.2) is 0 Å². The van der Waals surface area contributed by atoms with Crippen molar-refractivity contribution in [2.75, 3.05) is 5.43 Å². The molecular weight excluding hydrogens is 372 g/mol. The number of ketones is 1. The van der Waals surface area contributed by atoms with Crippen LogP contribution in [0.2, 0.25) is 0 Å². The number of hydrogen-bond donors (Lipinski definition) is 1. The van der Waals surface area contributed by atoms with Crippen LogP contribution in [0.3, 0.4) is 0 Å². The average molecular weight is 386 g/mol.